The molecule has 3 nitrogen and oxygen atoms in total. The molecule has 3 unspecified atom stereocenters. The molecule has 1 aliphatic heterocycles. The molecule has 2 aliphatic rings. The van der Waals surface area contributed by atoms with Crippen molar-refractivity contribution in [3.63, 3.8) is 0 Å². The van der Waals surface area contributed by atoms with E-state index in [2.05, 4.69) is 6.92 Å². The summed E-state index contributed by atoms with van der Waals surface area (Å²) < 4.78 is 5.38. The van der Waals surface area contributed by atoms with Crippen LogP contribution in [0.4, 0.5) is 0 Å². The minimum Gasteiger partial charge on any atom is -0.389 e. The first-order valence-electron chi connectivity index (χ1n) is 5.15. The second kappa shape index (κ2) is 2.94. The van der Waals surface area contributed by atoms with Crippen molar-refractivity contribution in [2.45, 2.75) is 31.8 Å². The first-order chi connectivity index (χ1) is 6.15. The Labute approximate surface area is 79.3 Å². The second-order valence-electron chi connectivity index (χ2n) is 4.65. The van der Waals surface area contributed by atoms with Gasteiger partial charge in [0.05, 0.1) is 12.2 Å². The second-order valence-corrected chi connectivity index (χ2v) is 4.65. The van der Waals surface area contributed by atoms with Gasteiger partial charge in [0.25, 0.3) is 0 Å². The lowest BCUT2D eigenvalue weighted by Crippen LogP contribution is -2.62. The van der Waals surface area contributed by atoms with Crippen molar-refractivity contribution in [3.05, 3.63) is 0 Å². The van der Waals surface area contributed by atoms with Crippen LogP contribution in [0.2, 0.25) is 0 Å². The Hall–Kier alpha value is -0.120. The molecule has 0 aromatic carbocycles. The van der Waals surface area contributed by atoms with Crippen molar-refractivity contribution in [2.24, 2.45) is 17.1 Å². The molecular weight excluding hydrogens is 166 g/mol. The molecule has 0 radical (unpaired) electrons. The highest BCUT2D eigenvalue weighted by molar-refractivity contribution is 5.09. The maximum atomic E-state index is 10.5. The molecule has 1 heterocycles. The van der Waals surface area contributed by atoms with E-state index in [9.17, 15) is 5.11 Å². The molecule has 76 valence electrons. The first kappa shape index (κ1) is 9.44. The molecule has 3 atom stereocenters. The smallest absolute Gasteiger partial charge is 0.0764 e. The van der Waals surface area contributed by atoms with Gasteiger partial charge in [-0.05, 0) is 25.2 Å². The van der Waals surface area contributed by atoms with E-state index in [0.29, 0.717) is 19.1 Å². The van der Waals surface area contributed by atoms with E-state index in [-0.39, 0.29) is 5.41 Å². The fourth-order valence-electron chi connectivity index (χ4n) is 2.78. The molecule has 1 saturated carbocycles. The summed E-state index contributed by atoms with van der Waals surface area (Å²) in [5, 5.41) is 10.5. The predicted octanol–water partition coefficient (Wildman–Crippen LogP) is 0.513. The van der Waals surface area contributed by atoms with Gasteiger partial charge in [0, 0.05) is 18.6 Å². The summed E-state index contributed by atoms with van der Waals surface area (Å²) in [7, 11) is 0. The third-order valence-corrected chi connectivity index (χ3v) is 4.19. The lowest BCUT2D eigenvalue weighted by molar-refractivity contribution is -0.176. The molecule has 2 fully saturated rings. The van der Waals surface area contributed by atoms with Crippen LogP contribution in [0, 0.1) is 11.3 Å². The van der Waals surface area contributed by atoms with Gasteiger partial charge in [0.2, 0.25) is 0 Å². The Kier molecular flexibility index (Phi) is 2.13. The third kappa shape index (κ3) is 1.07. The topological polar surface area (TPSA) is 55.5 Å². The molecule has 0 amide bonds. The standard InChI is InChI=1S/C10H19NO2/c1-8-2-3-10(8,12)9(6-11)4-5-13-7-9/h8,12H,2-7,11H2,1H3. The van der Waals surface area contributed by atoms with Crippen molar-refractivity contribution < 1.29 is 9.84 Å². The molecule has 1 aliphatic carbocycles. The zero-order valence-electron chi connectivity index (χ0n) is 8.25. The predicted molar refractivity (Wildman–Crippen MR) is 50.3 cm³/mol. The monoisotopic (exact) mass is 185 g/mol. The van der Waals surface area contributed by atoms with Gasteiger partial charge in [0.1, 0.15) is 0 Å². The molecule has 2 rings (SSSR count). The molecule has 0 aromatic heterocycles. The Morgan fingerprint density at radius 3 is 2.62 bits per heavy atom. The highest BCUT2D eigenvalue weighted by Crippen LogP contribution is 2.53. The van der Waals surface area contributed by atoms with E-state index in [1.807, 2.05) is 0 Å². The van der Waals surface area contributed by atoms with Crippen LogP contribution in [0.25, 0.3) is 0 Å². The van der Waals surface area contributed by atoms with Gasteiger partial charge in [-0.3, -0.25) is 0 Å². The normalized spacial score (nSPS) is 50.5. The van der Waals surface area contributed by atoms with Gasteiger partial charge in [-0.1, -0.05) is 6.92 Å². The fourth-order valence-corrected chi connectivity index (χ4v) is 2.78. The van der Waals surface area contributed by atoms with Crippen LogP contribution in [0.1, 0.15) is 26.2 Å². The van der Waals surface area contributed by atoms with Crippen LogP contribution >= 0.6 is 0 Å². The summed E-state index contributed by atoms with van der Waals surface area (Å²) in [6.07, 6.45) is 2.94. The van der Waals surface area contributed by atoms with E-state index in [4.69, 9.17) is 10.5 Å². The van der Waals surface area contributed by atoms with Gasteiger partial charge >= 0.3 is 0 Å². The SMILES string of the molecule is CC1CCC1(O)C1(CN)CCOC1. The molecule has 0 spiro atoms. The molecule has 3 heteroatoms. The van der Waals surface area contributed by atoms with Crippen LogP contribution in [0.5, 0.6) is 0 Å². The number of rotatable bonds is 2. The van der Waals surface area contributed by atoms with Gasteiger partial charge in [0.15, 0.2) is 0 Å². The van der Waals surface area contributed by atoms with Crippen LogP contribution < -0.4 is 5.73 Å². The summed E-state index contributed by atoms with van der Waals surface area (Å²) in [6, 6.07) is 0. The van der Waals surface area contributed by atoms with Crippen molar-refractivity contribution in [1.82, 2.24) is 0 Å². The molecule has 13 heavy (non-hydrogen) atoms. The van der Waals surface area contributed by atoms with Crippen LogP contribution in [0.3, 0.4) is 0 Å². The zero-order valence-corrected chi connectivity index (χ0v) is 8.25. The Bertz CT molecular complexity index is 201. The summed E-state index contributed by atoms with van der Waals surface area (Å²) >= 11 is 0. The number of nitrogens with two attached hydrogens (primary N) is 1. The Morgan fingerprint density at radius 2 is 2.31 bits per heavy atom. The first-order valence-corrected chi connectivity index (χ1v) is 5.15. The maximum absolute atomic E-state index is 10.5. The number of hydrogen-bond acceptors (Lipinski definition) is 3. The number of ether oxygens (including phenoxy) is 1. The summed E-state index contributed by atoms with van der Waals surface area (Å²) in [6.45, 7) is 4.06. The average Bonchev–Trinajstić information content (AvgIpc) is 2.64. The molecule has 0 aromatic rings. The van der Waals surface area contributed by atoms with E-state index in [1.54, 1.807) is 0 Å². The van der Waals surface area contributed by atoms with Gasteiger partial charge in [-0.2, -0.15) is 0 Å². The average molecular weight is 185 g/mol. The molecule has 1 saturated heterocycles. The van der Waals surface area contributed by atoms with E-state index in [1.165, 1.54) is 0 Å². The van der Waals surface area contributed by atoms with Crippen molar-refractivity contribution in [3.8, 4) is 0 Å². The van der Waals surface area contributed by atoms with Crippen molar-refractivity contribution >= 4 is 0 Å². The molecular formula is C10H19NO2. The van der Waals surface area contributed by atoms with Crippen LogP contribution in [-0.4, -0.2) is 30.5 Å². The molecule has 0 bridgehead atoms. The Morgan fingerprint density at radius 1 is 1.54 bits per heavy atom. The number of hydrogen-bond donors (Lipinski definition) is 2. The van der Waals surface area contributed by atoms with E-state index in [0.717, 1.165) is 25.9 Å². The van der Waals surface area contributed by atoms with Gasteiger partial charge in [-0.25, -0.2) is 0 Å². The minimum atomic E-state index is -0.543. The van der Waals surface area contributed by atoms with Crippen molar-refractivity contribution in [2.75, 3.05) is 19.8 Å². The lowest BCUT2D eigenvalue weighted by atomic mass is 9.55. The maximum Gasteiger partial charge on any atom is 0.0764 e. The van der Waals surface area contributed by atoms with Gasteiger partial charge < -0.3 is 15.6 Å². The highest BCUT2D eigenvalue weighted by atomic mass is 16.5. The Balaban J connectivity index is 2.20. The fraction of sp³-hybridized carbons (Fsp3) is 1.00. The van der Waals surface area contributed by atoms with E-state index >= 15 is 0 Å². The van der Waals surface area contributed by atoms with Crippen molar-refractivity contribution in [1.29, 1.82) is 0 Å². The van der Waals surface area contributed by atoms with Gasteiger partial charge in [-0.15, -0.1) is 0 Å². The summed E-state index contributed by atoms with van der Waals surface area (Å²) in [4.78, 5) is 0. The quantitative estimate of drug-likeness (QED) is 0.659. The third-order valence-electron chi connectivity index (χ3n) is 4.19. The molecule has 3 N–H and O–H groups in total. The minimum absolute atomic E-state index is 0.148. The van der Waals surface area contributed by atoms with E-state index < -0.39 is 5.60 Å². The zero-order chi connectivity index (χ0) is 9.53. The summed E-state index contributed by atoms with van der Waals surface area (Å²) in [5.41, 5.74) is 5.10. The highest BCUT2D eigenvalue weighted by Gasteiger charge is 2.58. The largest absolute Gasteiger partial charge is 0.389 e. The summed E-state index contributed by atoms with van der Waals surface area (Å²) in [5.74, 6) is 0.387. The number of aliphatic hydroxyl groups is 1. The lowest BCUT2D eigenvalue weighted by Gasteiger charge is -2.54. The van der Waals surface area contributed by atoms with Crippen LogP contribution in [0.15, 0.2) is 0 Å². The van der Waals surface area contributed by atoms with Crippen LogP contribution in [-0.2, 0) is 4.74 Å².